The smallest absolute Gasteiger partial charge is 0.182 e. The molecule has 1 aromatic carbocycles. The Morgan fingerprint density at radius 1 is 1.38 bits per heavy atom. The van der Waals surface area contributed by atoms with Crippen LogP contribution in [0.15, 0.2) is 35.6 Å². The molecule has 0 aliphatic rings. The highest BCUT2D eigenvalue weighted by Crippen LogP contribution is 2.18. The Bertz CT molecular complexity index is 505. The van der Waals surface area contributed by atoms with Gasteiger partial charge >= 0.3 is 0 Å². The van der Waals surface area contributed by atoms with E-state index in [1.165, 1.54) is 12.7 Å². The zero-order chi connectivity index (χ0) is 11.2. The van der Waals surface area contributed by atoms with Gasteiger partial charge < -0.3 is 0 Å². The van der Waals surface area contributed by atoms with Crippen LogP contribution < -0.4 is 5.32 Å². The van der Waals surface area contributed by atoms with Gasteiger partial charge in [-0.2, -0.15) is 10.4 Å². The van der Waals surface area contributed by atoms with Crippen LogP contribution in [-0.4, -0.2) is 21.5 Å². The van der Waals surface area contributed by atoms with E-state index < -0.39 is 0 Å². The molecule has 1 heterocycles. The molecule has 0 saturated carbocycles. The molecule has 0 amide bonds. The molecular weight excluding hydrogens is 204 g/mol. The van der Waals surface area contributed by atoms with Crippen molar-refractivity contribution in [2.24, 2.45) is 4.99 Å². The normalized spacial score (nSPS) is 10.2. The maximum absolute atomic E-state index is 8.24. The number of aliphatic imine (C=N–C) groups is 1. The van der Waals surface area contributed by atoms with Crippen LogP contribution in [0.2, 0.25) is 0 Å². The molecule has 0 radical (unpaired) electrons. The molecule has 0 spiro atoms. The first kappa shape index (κ1) is 9.86. The van der Waals surface area contributed by atoms with Gasteiger partial charge in [-0.25, -0.2) is 9.98 Å². The highest BCUT2D eigenvalue weighted by molar-refractivity contribution is 5.64. The summed E-state index contributed by atoms with van der Waals surface area (Å²) in [5.74, 6) is 0.644. The van der Waals surface area contributed by atoms with Crippen molar-refractivity contribution in [3.05, 3.63) is 30.6 Å². The molecular formula is C10H8N6. The molecule has 2 N–H and O–H groups in total. The maximum Gasteiger partial charge on any atom is 0.182 e. The van der Waals surface area contributed by atoms with Crippen molar-refractivity contribution in [1.29, 1.82) is 5.26 Å². The van der Waals surface area contributed by atoms with Crippen molar-refractivity contribution in [2.45, 2.75) is 0 Å². The third kappa shape index (κ3) is 2.22. The molecule has 0 aliphatic carbocycles. The Balaban J connectivity index is 2.14. The average molecular weight is 212 g/mol. The molecule has 0 saturated heterocycles. The topological polar surface area (TPSA) is 89.8 Å². The number of rotatable bonds is 3. The second-order valence-electron chi connectivity index (χ2n) is 2.88. The summed E-state index contributed by atoms with van der Waals surface area (Å²) in [6.45, 7) is 0. The van der Waals surface area contributed by atoms with Crippen LogP contribution >= 0.6 is 0 Å². The lowest BCUT2D eigenvalue weighted by molar-refractivity contribution is 1.10. The van der Waals surface area contributed by atoms with Gasteiger partial charge in [-0.15, -0.1) is 0 Å². The molecule has 0 atom stereocenters. The molecule has 0 bridgehead atoms. The molecule has 1 aromatic heterocycles. The predicted molar refractivity (Wildman–Crippen MR) is 58.7 cm³/mol. The van der Waals surface area contributed by atoms with E-state index in [1.54, 1.807) is 6.19 Å². The van der Waals surface area contributed by atoms with E-state index in [9.17, 15) is 0 Å². The SMILES string of the molecule is N#CN/C=N/c1ccc(-c2nc[nH]n2)cc1. The van der Waals surface area contributed by atoms with E-state index in [2.05, 4.69) is 25.5 Å². The number of benzene rings is 1. The minimum atomic E-state index is 0.644. The second-order valence-corrected chi connectivity index (χ2v) is 2.88. The standard InChI is InChI=1S/C10H8N6/c11-5-12-6-13-9-3-1-8(2-4-9)10-14-7-15-16-10/h1-4,6-7H,(H,12,13)(H,14,15,16). The largest absolute Gasteiger partial charge is 0.283 e. The summed E-state index contributed by atoms with van der Waals surface area (Å²) >= 11 is 0. The molecule has 0 aliphatic heterocycles. The molecule has 6 nitrogen and oxygen atoms in total. The van der Waals surface area contributed by atoms with Crippen LogP contribution in [0.3, 0.4) is 0 Å². The van der Waals surface area contributed by atoms with Crippen LogP contribution in [-0.2, 0) is 0 Å². The number of nitrogens with one attached hydrogen (secondary N) is 2. The minimum Gasteiger partial charge on any atom is -0.283 e. The monoisotopic (exact) mass is 212 g/mol. The van der Waals surface area contributed by atoms with Gasteiger partial charge in [-0.05, 0) is 24.3 Å². The lowest BCUT2D eigenvalue weighted by atomic mass is 10.2. The highest BCUT2D eigenvalue weighted by Gasteiger charge is 1.99. The van der Waals surface area contributed by atoms with E-state index in [-0.39, 0.29) is 0 Å². The Hall–Kier alpha value is -2.68. The fourth-order valence-electron chi connectivity index (χ4n) is 1.18. The molecule has 16 heavy (non-hydrogen) atoms. The van der Waals surface area contributed by atoms with Crippen molar-refractivity contribution < 1.29 is 0 Å². The van der Waals surface area contributed by atoms with Crippen LogP contribution in [0, 0.1) is 11.5 Å². The zero-order valence-corrected chi connectivity index (χ0v) is 8.25. The van der Waals surface area contributed by atoms with E-state index >= 15 is 0 Å². The third-order valence-corrected chi connectivity index (χ3v) is 1.88. The van der Waals surface area contributed by atoms with Crippen LogP contribution in [0.25, 0.3) is 11.4 Å². The highest BCUT2D eigenvalue weighted by atomic mass is 15.2. The number of hydrogen-bond donors (Lipinski definition) is 2. The van der Waals surface area contributed by atoms with Gasteiger partial charge in [0, 0.05) is 5.56 Å². The summed E-state index contributed by atoms with van der Waals surface area (Å²) < 4.78 is 0. The summed E-state index contributed by atoms with van der Waals surface area (Å²) in [4.78, 5) is 8.04. The van der Waals surface area contributed by atoms with Crippen molar-refractivity contribution in [1.82, 2.24) is 20.5 Å². The Kier molecular flexibility index (Phi) is 2.90. The van der Waals surface area contributed by atoms with E-state index in [4.69, 9.17) is 5.26 Å². The number of aromatic amines is 1. The molecule has 0 fully saturated rings. The first-order valence-electron chi connectivity index (χ1n) is 4.53. The summed E-state index contributed by atoms with van der Waals surface area (Å²) in [6.07, 6.45) is 4.61. The molecule has 2 aromatic rings. The minimum absolute atomic E-state index is 0.644. The summed E-state index contributed by atoms with van der Waals surface area (Å²) in [5.41, 5.74) is 1.66. The molecule has 0 unspecified atom stereocenters. The first-order valence-corrected chi connectivity index (χ1v) is 4.53. The van der Waals surface area contributed by atoms with Crippen molar-refractivity contribution in [3.63, 3.8) is 0 Å². The van der Waals surface area contributed by atoms with Crippen molar-refractivity contribution in [2.75, 3.05) is 0 Å². The van der Waals surface area contributed by atoms with E-state index in [0.717, 1.165) is 11.3 Å². The third-order valence-electron chi connectivity index (χ3n) is 1.88. The Morgan fingerprint density at radius 2 is 2.19 bits per heavy atom. The summed E-state index contributed by atoms with van der Waals surface area (Å²) in [5, 5.41) is 17.2. The number of aromatic nitrogens is 3. The van der Waals surface area contributed by atoms with Crippen molar-refractivity contribution >= 4 is 12.0 Å². The summed E-state index contributed by atoms with van der Waals surface area (Å²) in [7, 11) is 0. The zero-order valence-electron chi connectivity index (χ0n) is 8.25. The fourth-order valence-corrected chi connectivity index (χ4v) is 1.18. The molecule has 2 rings (SSSR count). The van der Waals surface area contributed by atoms with Gasteiger partial charge in [0.15, 0.2) is 12.0 Å². The van der Waals surface area contributed by atoms with Gasteiger partial charge in [0.1, 0.15) is 12.7 Å². The van der Waals surface area contributed by atoms with Gasteiger partial charge in [0.05, 0.1) is 5.69 Å². The quantitative estimate of drug-likeness (QED) is 0.346. The molecule has 6 heteroatoms. The van der Waals surface area contributed by atoms with Gasteiger partial charge in [-0.3, -0.25) is 10.4 Å². The maximum atomic E-state index is 8.24. The van der Waals surface area contributed by atoms with Gasteiger partial charge in [0.2, 0.25) is 0 Å². The lowest BCUT2D eigenvalue weighted by Gasteiger charge is -1.95. The number of hydrogen-bond acceptors (Lipinski definition) is 4. The molecule has 78 valence electrons. The Labute approximate surface area is 91.7 Å². The first-order chi connectivity index (χ1) is 7.90. The second kappa shape index (κ2) is 4.70. The van der Waals surface area contributed by atoms with E-state index in [0.29, 0.717) is 5.82 Å². The van der Waals surface area contributed by atoms with Crippen LogP contribution in [0.1, 0.15) is 0 Å². The lowest BCUT2D eigenvalue weighted by Crippen LogP contribution is -1.98. The number of H-pyrrole nitrogens is 1. The van der Waals surface area contributed by atoms with E-state index in [1.807, 2.05) is 24.3 Å². The number of nitriles is 1. The van der Waals surface area contributed by atoms with Crippen molar-refractivity contribution in [3.8, 4) is 17.6 Å². The van der Waals surface area contributed by atoms with Crippen LogP contribution in [0.4, 0.5) is 5.69 Å². The predicted octanol–water partition coefficient (Wildman–Crippen LogP) is 1.20. The Morgan fingerprint density at radius 3 is 2.81 bits per heavy atom. The average Bonchev–Trinajstić information content (AvgIpc) is 2.84. The summed E-state index contributed by atoms with van der Waals surface area (Å²) in [6, 6.07) is 7.37. The number of nitrogens with zero attached hydrogens (tertiary/aromatic N) is 4. The fraction of sp³-hybridized carbons (Fsp3) is 0. The van der Waals surface area contributed by atoms with Gasteiger partial charge in [-0.1, -0.05) is 0 Å². The van der Waals surface area contributed by atoms with Crippen LogP contribution in [0.5, 0.6) is 0 Å². The van der Waals surface area contributed by atoms with Gasteiger partial charge in [0.25, 0.3) is 0 Å².